The Morgan fingerprint density at radius 3 is 2.88 bits per heavy atom. The molecule has 1 aromatic carbocycles. The summed E-state index contributed by atoms with van der Waals surface area (Å²) in [7, 11) is 1.62. The van der Waals surface area contributed by atoms with Gasteiger partial charge in [-0.3, -0.25) is 4.79 Å². The number of rotatable bonds is 3. The lowest BCUT2D eigenvalue weighted by atomic mass is 10.3. The largest absolute Gasteiger partial charge is 0.497 e. The molecule has 0 saturated heterocycles. The van der Waals surface area contributed by atoms with Crippen molar-refractivity contribution in [1.29, 1.82) is 0 Å². The number of nitrogens with zero attached hydrogens (tertiary/aromatic N) is 2. The number of methoxy groups -OCH3 is 1. The number of hydrogen-bond donors (Lipinski definition) is 0. The number of benzene rings is 1. The molecule has 0 bridgehead atoms. The summed E-state index contributed by atoms with van der Waals surface area (Å²) in [5.74, 6) is 0.762. The summed E-state index contributed by atoms with van der Waals surface area (Å²) >= 11 is 0. The molecule has 0 aliphatic heterocycles. The fourth-order valence-electron chi connectivity index (χ4n) is 1.47. The van der Waals surface area contributed by atoms with Gasteiger partial charge in [0.1, 0.15) is 5.75 Å². The second-order valence-corrected chi connectivity index (χ2v) is 3.43. The van der Waals surface area contributed by atoms with E-state index in [1.165, 1.54) is 0 Å². The molecular formula is C12H12N2O2. The van der Waals surface area contributed by atoms with Gasteiger partial charge in [0.2, 0.25) is 0 Å². The lowest BCUT2D eigenvalue weighted by molar-refractivity contribution is 0.112. The molecule has 0 aliphatic carbocycles. The Balaban J connectivity index is 2.45. The van der Waals surface area contributed by atoms with E-state index in [2.05, 4.69) is 5.10 Å². The lowest BCUT2D eigenvalue weighted by Gasteiger charge is -2.03. The lowest BCUT2D eigenvalue weighted by Crippen LogP contribution is -1.95. The number of aryl methyl sites for hydroxylation is 1. The summed E-state index contributed by atoms with van der Waals surface area (Å²) in [4.78, 5) is 10.7. The van der Waals surface area contributed by atoms with Crippen molar-refractivity contribution in [1.82, 2.24) is 9.78 Å². The van der Waals surface area contributed by atoms with E-state index in [0.717, 1.165) is 23.4 Å². The van der Waals surface area contributed by atoms with Crippen LogP contribution in [0, 0.1) is 6.92 Å². The molecule has 0 atom stereocenters. The zero-order valence-electron chi connectivity index (χ0n) is 9.18. The summed E-state index contributed by atoms with van der Waals surface area (Å²) in [5.41, 5.74) is 2.19. The van der Waals surface area contributed by atoms with E-state index in [4.69, 9.17) is 4.74 Å². The van der Waals surface area contributed by atoms with Gasteiger partial charge >= 0.3 is 0 Å². The molecule has 4 heteroatoms. The van der Waals surface area contributed by atoms with Crippen LogP contribution in [0.3, 0.4) is 0 Å². The molecule has 2 aromatic rings. The molecule has 0 fully saturated rings. The Morgan fingerprint density at radius 1 is 1.44 bits per heavy atom. The first-order valence-electron chi connectivity index (χ1n) is 4.90. The Morgan fingerprint density at radius 2 is 2.25 bits per heavy atom. The molecule has 1 heterocycles. The number of hydrogen-bond acceptors (Lipinski definition) is 3. The van der Waals surface area contributed by atoms with E-state index < -0.39 is 0 Å². The van der Waals surface area contributed by atoms with Gasteiger partial charge in [-0.2, -0.15) is 5.10 Å². The number of carbonyl (C=O) groups excluding carboxylic acids is 1. The van der Waals surface area contributed by atoms with Gasteiger partial charge in [0, 0.05) is 12.3 Å². The van der Waals surface area contributed by atoms with Crippen molar-refractivity contribution in [2.24, 2.45) is 0 Å². The summed E-state index contributed by atoms with van der Waals surface area (Å²) in [6.45, 7) is 1.81. The molecule has 1 aromatic heterocycles. The molecule has 2 rings (SSSR count). The number of ether oxygens (including phenoxy) is 1. The first-order valence-corrected chi connectivity index (χ1v) is 4.90. The van der Waals surface area contributed by atoms with Gasteiger partial charge in [0.25, 0.3) is 0 Å². The van der Waals surface area contributed by atoms with Crippen molar-refractivity contribution >= 4 is 6.29 Å². The van der Waals surface area contributed by atoms with Crippen LogP contribution in [0.1, 0.15) is 16.1 Å². The van der Waals surface area contributed by atoms with Crippen molar-refractivity contribution in [3.05, 3.63) is 41.7 Å². The molecule has 4 nitrogen and oxygen atoms in total. The molecule has 16 heavy (non-hydrogen) atoms. The molecule has 0 amide bonds. The Kier molecular flexibility index (Phi) is 2.72. The molecule has 82 valence electrons. The Bertz CT molecular complexity index is 517. The Labute approximate surface area is 93.5 Å². The number of aromatic nitrogens is 2. The first-order chi connectivity index (χ1) is 7.74. The van der Waals surface area contributed by atoms with E-state index >= 15 is 0 Å². The van der Waals surface area contributed by atoms with E-state index in [1.807, 2.05) is 24.3 Å². The van der Waals surface area contributed by atoms with Crippen LogP contribution in [-0.4, -0.2) is 23.2 Å². The van der Waals surface area contributed by atoms with Crippen LogP contribution in [0.2, 0.25) is 0 Å². The molecule has 0 spiro atoms. The fraction of sp³-hybridized carbons (Fsp3) is 0.167. The number of carbonyl (C=O) groups is 1. The smallest absolute Gasteiger partial charge is 0.153 e. The van der Waals surface area contributed by atoms with Crippen LogP contribution < -0.4 is 4.74 Å². The molecule has 0 radical (unpaired) electrons. The van der Waals surface area contributed by atoms with Crippen LogP contribution in [0.15, 0.2) is 30.5 Å². The summed E-state index contributed by atoms with van der Waals surface area (Å²) in [5, 5.41) is 4.26. The van der Waals surface area contributed by atoms with E-state index in [0.29, 0.717) is 5.56 Å². The maximum atomic E-state index is 10.7. The highest BCUT2D eigenvalue weighted by Gasteiger charge is 2.05. The minimum Gasteiger partial charge on any atom is -0.497 e. The van der Waals surface area contributed by atoms with Gasteiger partial charge in [0.05, 0.1) is 24.1 Å². The highest BCUT2D eigenvalue weighted by atomic mass is 16.5. The average molecular weight is 216 g/mol. The van der Waals surface area contributed by atoms with Gasteiger partial charge in [-0.15, -0.1) is 0 Å². The predicted octanol–water partition coefficient (Wildman–Crippen LogP) is 2.00. The van der Waals surface area contributed by atoms with Crippen LogP contribution in [0.5, 0.6) is 5.75 Å². The van der Waals surface area contributed by atoms with Gasteiger partial charge < -0.3 is 4.74 Å². The van der Waals surface area contributed by atoms with Gasteiger partial charge in [-0.1, -0.05) is 6.07 Å². The van der Waals surface area contributed by atoms with Gasteiger partial charge in [-0.25, -0.2) is 4.68 Å². The maximum absolute atomic E-state index is 10.7. The van der Waals surface area contributed by atoms with Crippen molar-refractivity contribution in [3.8, 4) is 11.4 Å². The van der Waals surface area contributed by atoms with Crippen molar-refractivity contribution in [2.75, 3.05) is 7.11 Å². The Hall–Kier alpha value is -2.10. The van der Waals surface area contributed by atoms with Crippen LogP contribution in [-0.2, 0) is 0 Å². The zero-order valence-corrected chi connectivity index (χ0v) is 9.18. The predicted molar refractivity (Wildman–Crippen MR) is 60.2 cm³/mol. The molecular weight excluding hydrogens is 204 g/mol. The van der Waals surface area contributed by atoms with Crippen molar-refractivity contribution in [2.45, 2.75) is 6.92 Å². The van der Waals surface area contributed by atoms with Gasteiger partial charge in [0.15, 0.2) is 6.29 Å². The second-order valence-electron chi connectivity index (χ2n) is 3.43. The molecule has 0 N–H and O–H groups in total. The van der Waals surface area contributed by atoms with Crippen LogP contribution in [0.4, 0.5) is 0 Å². The monoisotopic (exact) mass is 216 g/mol. The minimum absolute atomic E-state index is 0.600. The standard InChI is InChI=1S/C12H12N2O2/c1-9-10(8-15)7-14(13-9)11-4-3-5-12(6-11)16-2/h3-8H,1-2H3. The highest BCUT2D eigenvalue weighted by Crippen LogP contribution is 2.16. The van der Waals surface area contributed by atoms with Crippen molar-refractivity contribution in [3.63, 3.8) is 0 Å². The SMILES string of the molecule is COc1cccc(-n2cc(C=O)c(C)n2)c1. The molecule has 0 aliphatic rings. The van der Waals surface area contributed by atoms with Crippen LogP contribution >= 0.6 is 0 Å². The van der Waals surface area contributed by atoms with E-state index in [-0.39, 0.29) is 0 Å². The van der Waals surface area contributed by atoms with Gasteiger partial charge in [-0.05, 0) is 19.1 Å². The third-order valence-electron chi connectivity index (χ3n) is 2.38. The number of aldehydes is 1. The third kappa shape index (κ3) is 1.82. The van der Waals surface area contributed by atoms with E-state index in [1.54, 1.807) is 24.9 Å². The molecule has 0 saturated carbocycles. The second kappa shape index (κ2) is 4.18. The normalized spacial score (nSPS) is 10.1. The van der Waals surface area contributed by atoms with Crippen LogP contribution in [0.25, 0.3) is 5.69 Å². The third-order valence-corrected chi connectivity index (χ3v) is 2.38. The average Bonchev–Trinajstić information content (AvgIpc) is 2.71. The minimum atomic E-state index is 0.600. The fourth-order valence-corrected chi connectivity index (χ4v) is 1.47. The summed E-state index contributed by atoms with van der Waals surface area (Å²) in [6, 6.07) is 7.51. The summed E-state index contributed by atoms with van der Waals surface area (Å²) in [6.07, 6.45) is 2.51. The zero-order chi connectivity index (χ0) is 11.5. The van der Waals surface area contributed by atoms with E-state index in [9.17, 15) is 4.79 Å². The van der Waals surface area contributed by atoms with Crippen molar-refractivity contribution < 1.29 is 9.53 Å². The topological polar surface area (TPSA) is 44.1 Å². The highest BCUT2D eigenvalue weighted by molar-refractivity contribution is 5.76. The quantitative estimate of drug-likeness (QED) is 0.737. The maximum Gasteiger partial charge on any atom is 0.153 e. The first kappa shape index (κ1) is 10.4. The molecule has 0 unspecified atom stereocenters. The summed E-state index contributed by atoms with van der Waals surface area (Å²) < 4.78 is 6.80.